The van der Waals surface area contributed by atoms with Crippen molar-refractivity contribution in [1.82, 2.24) is 0 Å². The lowest BCUT2D eigenvalue weighted by Gasteiger charge is -2.06. The summed E-state index contributed by atoms with van der Waals surface area (Å²) >= 11 is 0. The van der Waals surface area contributed by atoms with E-state index in [0.717, 1.165) is 16.9 Å². The molecule has 1 aromatic rings. The summed E-state index contributed by atoms with van der Waals surface area (Å²) in [4.78, 5) is 3.33. The van der Waals surface area contributed by atoms with Gasteiger partial charge in [0.1, 0.15) is 5.75 Å². The standard InChI is InChI=1S/C10H11NO/c1-8-5-4-6-9(7-11-2)10(8)12-3/h4-6H,7H2,1,3H3. The Morgan fingerprint density at radius 3 is 2.83 bits per heavy atom. The normalized spacial score (nSPS) is 9.08. The van der Waals surface area contributed by atoms with Gasteiger partial charge in [-0.3, -0.25) is 0 Å². The summed E-state index contributed by atoms with van der Waals surface area (Å²) in [6, 6.07) is 5.84. The molecule has 0 spiro atoms. The number of para-hydroxylation sites is 1. The summed E-state index contributed by atoms with van der Waals surface area (Å²) in [5, 5.41) is 0. The van der Waals surface area contributed by atoms with E-state index in [0.29, 0.717) is 6.54 Å². The minimum atomic E-state index is 0.394. The van der Waals surface area contributed by atoms with Gasteiger partial charge in [0.2, 0.25) is 6.54 Å². The number of ether oxygens (including phenoxy) is 1. The Labute approximate surface area is 72.6 Å². The van der Waals surface area contributed by atoms with Crippen molar-refractivity contribution in [3.8, 4) is 5.75 Å². The van der Waals surface area contributed by atoms with E-state index in [1.54, 1.807) is 7.11 Å². The fraction of sp³-hybridized carbons (Fsp3) is 0.300. The van der Waals surface area contributed by atoms with E-state index >= 15 is 0 Å². The Morgan fingerprint density at radius 1 is 1.50 bits per heavy atom. The van der Waals surface area contributed by atoms with Gasteiger partial charge >= 0.3 is 0 Å². The number of rotatable bonds is 2. The summed E-state index contributed by atoms with van der Waals surface area (Å²) in [5.74, 6) is 0.841. The van der Waals surface area contributed by atoms with E-state index in [9.17, 15) is 0 Å². The molecular weight excluding hydrogens is 150 g/mol. The van der Waals surface area contributed by atoms with Gasteiger partial charge in [-0.05, 0) is 18.6 Å². The molecule has 0 atom stereocenters. The first-order valence-corrected chi connectivity index (χ1v) is 3.75. The van der Waals surface area contributed by atoms with Crippen LogP contribution < -0.4 is 4.74 Å². The molecule has 0 N–H and O–H groups in total. The van der Waals surface area contributed by atoms with Crippen LogP contribution in [0.15, 0.2) is 18.2 Å². The van der Waals surface area contributed by atoms with Crippen LogP contribution in [0.2, 0.25) is 0 Å². The van der Waals surface area contributed by atoms with Gasteiger partial charge < -0.3 is 9.58 Å². The van der Waals surface area contributed by atoms with Crippen molar-refractivity contribution in [2.24, 2.45) is 0 Å². The van der Waals surface area contributed by atoms with Gasteiger partial charge in [0.15, 0.2) is 0 Å². The zero-order chi connectivity index (χ0) is 8.97. The summed E-state index contributed by atoms with van der Waals surface area (Å²) in [5.41, 5.74) is 2.05. The predicted octanol–water partition coefficient (Wildman–Crippen LogP) is 2.42. The molecule has 12 heavy (non-hydrogen) atoms. The lowest BCUT2D eigenvalue weighted by Crippen LogP contribution is -1.92. The van der Waals surface area contributed by atoms with Gasteiger partial charge in [-0.1, -0.05) is 12.1 Å². The summed E-state index contributed by atoms with van der Waals surface area (Å²) in [6.07, 6.45) is 0. The van der Waals surface area contributed by atoms with Crippen LogP contribution >= 0.6 is 0 Å². The molecule has 0 unspecified atom stereocenters. The van der Waals surface area contributed by atoms with E-state index in [2.05, 4.69) is 4.85 Å². The van der Waals surface area contributed by atoms with E-state index < -0.39 is 0 Å². The van der Waals surface area contributed by atoms with Crippen molar-refractivity contribution in [2.75, 3.05) is 7.11 Å². The number of hydrogen-bond donors (Lipinski definition) is 0. The molecule has 62 valence electrons. The molecule has 1 aromatic carbocycles. The zero-order valence-corrected chi connectivity index (χ0v) is 7.29. The molecule has 0 fully saturated rings. The second-order valence-electron chi connectivity index (χ2n) is 2.58. The maximum atomic E-state index is 6.75. The number of aryl methyl sites for hydroxylation is 1. The molecular formula is C10H11NO. The number of nitrogens with zero attached hydrogens (tertiary/aromatic N) is 1. The molecule has 2 heteroatoms. The van der Waals surface area contributed by atoms with Crippen LogP contribution in [0.5, 0.6) is 5.75 Å². The van der Waals surface area contributed by atoms with Crippen molar-refractivity contribution in [2.45, 2.75) is 13.5 Å². The Morgan fingerprint density at radius 2 is 2.25 bits per heavy atom. The molecule has 0 heterocycles. The molecule has 0 aliphatic heterocycles. The average molecular weight is 161 g/mol. The Hall–Kier alpha value is -1.49. The maximum Gasteiger partial charge on any atom is 0.243 e. The average Bonchev–Trinajstić information content (AvgIpc) is 2.05. The SMILES string of the molecule is [C-]#[N+]Cc1cccc(C)c1OC. The highest BCUT2D eigenvalue weighted by molar-refractivity contribution is 5.41. The number of methoxy groups -OCH3 is 1. The van der Waals surface area contributed by atoms with Gasteiger partial charge in [-0.2, -0.15) is 0 Å². The van der Waals surface area contributed by atoms with Gasteiger partial charge in [-0.15, -0.1) is 0 Å². The van der Waals surface area contributed by atoms with Gasteiger partial charge in [-0.25, -0.2) is 6.57 Å². The van der Waals surface area contributed by atoms with Crippen LogP contribution in [-0.2, 0) is 6.54 Å². The first-order chi connectivity index (χ1) is 5.79. The molecule has 0 aliphatic rings. The van der Waals surface area contributed by atoms with Crippen molar-refractivity contribution >= 4 is 0 Å². The van der Waals surface area contributed by atoms with Crippen LogP contribution in [0.3, 0.4) is 0 Å². The molecule has 0 bridgehead atoms. The maximum absolute atomic E-state index is 6.75. The van der Waals surface area contributed by atoms with Crippen LogP contribution in [0.4, 0.5) is 0 Å². The second-order valence-corrected chi connectivity index (χ2v) is 2.58. The first-order valence-electron chi connectivity index (χ1n) is 3.75. The van der Waals surface area contributed by atoms with E-state index in [1.165, 1.54) is 0 Å². The summed E-state index contributed by atoms with van der Waals surface area (Å²) < 4.78 is 5.19. The lowest BCUT2D eigenvalue weighted by molar-refractivity contribution is 0.407. The Bertz CT molecular complexity index is 312. The third kappa shape index (κ3) is 1.57. The third-order valence-electron chi connectivity index (χ3n) is 1.75. The number of hydrogen-bond acceptors (Lipinski definition) is 1. The van der Waals surface area contributed by atoms with E-state index in [-0.39, 0.29) is 0 Å². The predicted molar refractivity (Wildman–Crippen MR) is 48.0 cm³/mol. The van der Waals surface area contributed by atoms with Gasteiger partial charge in [0.05, 0.1) is 12.7 Å². The topological polar surface area (TPSA) is 13.6 Å². The molecule has 0 radical (unpaired) electrons. The smallest absolute Gasteiger partial charge is 0.243 e. The number of benzene rings is 1. The molecule has 0 saturated carbocycles. The highest BCUT2D eigenvalue weighted by Crippen LogP contribution is 2.23. The van der Waals surface area contributed by atoms with Crippen molar-refractivity contribution < 1.29 is 4.74 Å². The summed E-state index contributed by atoms with van der Waals surface area (Å²) in [7, 11) is 1.63. The highest BCUT2D eigenvalue weighted by atomic mass is 16.5. The molecule has 0 aromatic heterocycles. The largest absolute Gasteiger partial charge is 0.496 e. The third-order valence-corrected chi connectivity index (χ3v) is 1.75. The minimum Gasteiger partial charge on any atom is -0.496 e. The molecule has 0 amide bonds. The van der Waals surface area contributed by atoms with E-state index in [4.69, 9.17) is 11.3 Å². The quantitative estimate of drug-likeness (QED) is 0.607. The van der Waals surface area contributed by atoms with Crippen molar-refractivity contribution in [3.63, 3.8) is 0 Å². The van der Waals surface area contributed by atoms with Gasteiger partial charge in [0.25, 0.3) is 0 Å². The van der Waals surface area contributed by atoms with Crippen molar-refractivity contribution in [3.05, 3.63) is 40.7 Å². The highest BCUT2D eigenvalue weighted by Gasteiger charge is 2.06. The fourth-order valence-electron chi connectivity index (χ4n) is 1.21. The zero-order valence-electron chi connectivity index (χ0n) is 7.29. The lowest BCUT2D eigenvalue weighted by atomic mass is 10.1. The summed E-state index contributed by atoms with van der Waals surface area (Å²) in [6.45, 7) is 9.12. The van der Waals surface area contributed by atoms with Crippen LogP contribution in [0.1, 0.15) is 11.1 Å². The second kappa shape index (κ2) is 3.77. The molecule has 0 saturated heterocycles. The fourth-order valence-corrected chi connectivity index (χ4v) is 1.21. The molecule has 2 nitrogen and oxygen atoms in total. The van der Waals surface area contributed by atoms with Crippen LogP contribution in [-0.4, -0.2) is 7.11 Å². The minimum absolute atomic E-state index is 0.394. The van der Waals surface area contributed by atoms with E-state index in [1.807, 2.05) is 25.1 Å². The van der Waals surface area contributed by atoms with Crippen molar-refractivity contribution in [1.29, 1.82) is 0 Å². The molecule has 0 aliphatic carbocycles. The monoisotopic (exact) mass is 161 g/mol. The first kappa shape index (κ1) is 8.61. The van der Waals surface area contributed by atoms with Crippen LogP contribution in [0, 0.1) is 13.5 Å². The van der Waals surface area contributed by atoms with Gasteiger partial charge in [0, 0.05) is 0 Å². The van der Waals surface area contributed by atoms with Crippen LogP contribution in [0.25, 0.3) is 4.85 Å². The Kier molecular flexibility index (Phi) is 2.71. The Balaban J connectivity index is 3.11. The molecule has 1 rings (SSSR count).